The molecular weight excluding hydrogens is 401 g/mol. The van der Waals surface area contributed by atoms with Gasteiger partial charge in [-0.1, -0.05) is 6.07 Å². The van der Waals surface area contributed by atoms with E-state index in [0.717, 1.165) is 5.69 Å². The maximum Gasteiger partial charge on any atom is 0.434 e. The molecule has 2 atom stereocenters. The smallest absolute Gasteiger partial charge is 0.434 e. The zero-order valence-corrected chi connectivity index (χ0v) is 16.5. The summed E-state index contributed by atoms with van der Waals surface area (Å²) in [6, 6.07) is 8.16. The quantitative estimate of drug-likeness (QED) is 0.704. The van der Waals surface area contributed by atoms with Crippen LogP contribution in [0.5, 0.6) is 5.75 Å². The number of methoxy groups -OCH3 is 1. The summed E-state index contributed by atoms with van der Waals surface area (Å²) in [5.74, 6) is -1.42. The van der Waals surface area contributed by atoms with E-state index in [-0.39, 0.29) is 11.5 Å². The number of nitrogens with zero attached hydrogens (tertiary/aromatic N) is 4. The van der Waals surface area contributed by atoms with Gasteiger partial charge in [0.05, 0.1) is 36.3 Å². The molecule has 1 aromatic carbocycles. The second-order valence-corrected chi connectivity index (χ2v) is 7.37. The number of ether oxygens (including phenoxy) is 1. The summed E-state index contributed by atoms with van der Waals surface area (Å²) in [5.41, 5.74) is -0.0965. The maximum absolute atomic E-state index is 13.7. The molecule has 3 rings (SSSR count). The molecule has 2 aromatic rings. The van der Waals surface area contributed by atoms with Crippen LogP contribution in [0, 0.1) is 29.6 Å². The topological polar surface area (TPSA) is 82.1 Å². The summed E-state index contributed by atoms with van der Waals surface area (Å²) < 4.78 is 46.4. The van der Waals surface area contributed by atoms with Crippen LogP contribution >= 0.6 is 11.3 Å². The summed E-state index contributed by atoms with van der Waals surface area (Å²) in [4.78, 5) is 8.20. The van der Waals surface area contributed by atoms with Crippen LogP contribution in [0.3, 0.4) is 0 Å². The Morgan fingerprint density at radius 1 is 1.14 bits per heavy atom. The molecule has 0 radical (unpaired) electrons. The Bertz CT molecular complexity index is 1100. The molecule has 148 valence electrons. The fourth-order valence-electron chi connectivity index (χ4n) is 3.41. The van der Waals surface area contributed by atoms with Gasteiger partial charge in [0.1, 0.15) is 10.8 Å². The lowest BCUT2D eigenvalue weighted by Crippen LogP contribution is -2.29. The van der Waals surface area contributed by atoms with Crippen molar-refractivity contribution >= 4 is 17.0 Å². The van der Waals surface area contributed by atoms with E-state index in [1.54, 1.807) is 18.4 Å². The summed E-state index contributed by atoms with van der Waals surface area (Å²) in [6.07, 6.45) is -4.78. The molecule has 0 bridgehead atoms. The highest BCUT2D eigenvalue weighted by molar-refractivity contribution is 7.09. The van der Waals surface area contributed by atoms with Crippen LogP contribution in [0.1, 0.15) is 40.6 Å². The molecule has 1 aliphatic rings. The van der Waals surface area contributed by atoms with Crippen molar-refractivity contribution in [3.63, 3.8) is 0 Å². The number of allylic oxidation sites excluding steroid dienone is 2. The van der Waals surface area contributed by atoms with Crippen molar-refractivity contribution in [2.24, 2.45) is 4.99 Å². The van der Waals surface area contributed by atoms with Crippen LogP contribution in [-0.2, 0) is 0 Å². The molecule has 1 aromatic heterocycles. The van der Waals surface area contributed by atoms with Gasteiger partial charge in [0.2, 0.25) is 0 Å². The average molecular weight is 416 g/mol. The van der Waals surface area contributed by atoms with Crippen LogP contribution in [0.4, 0.5) is 13.2 Å². The van der Waals surface area contributed by atoms with E-state index >= 15 is 0 Å². The predicted molar refractivity (Wildman–Crippen MR) is 102 cm³/mol. The Kier molecular flexibility index (Phi) is 5.45. The summed E-state index contributed by atoms with van der Waals surface area (Å²) in [5, 5.41) is 21.2. The van der Waals surface area contributed by atoms with Crippen molar-refractivity contribution < 1.29 is 17.9 Å². The van der Waals surface area contributed by atoms with Gasteiger partial charge in [-0.3, -0.25) is 4.99 Å². The minimum absolute atomic E-state index is 0.210. The molecule has 2 heterocycles. The number of nitriles is 2. The standard InChI is InChI=1S/C20H15F3N4OS/c1-10-9-29-19(26-10)16-11(2)27-18(20(21,22)23)14(8-25)17(16)13-5-4-12(7-24)6-15(13)28-3/h4-6,9,16-17H,1-3H3. The number of thiazole rings is 1. The van der Waals surface area contributed by atoms with E-state index in [9.17, 15) is 18.4 Å². The van der Waals surface area contributed by atoms with Crippen molar-refractivity contribution in [3.8, 4) is 17.9 Å². The van der Waals surface area contributed by atoms with E-state index < -0.39 is 29.3 Å². The van der Waals surface area contributed by atoms with Crippen LogP contribution < -0.4 is 4.74 Å². The van der Waals surface area contributed by atoms with E-state index in [2.05, 4.69) is 9.98 Å². The molecule has 2 unspecified atom stereocenters. The van der Waals surface area contributed by atoms with E-state index in [4.69, 9.17) is 10.00 Å². The van der Waals surface area contributed by atoms with Crippen molar-refractivity contribution in [2.45, 2.75) is 31.9 Å². The van der Waals surface area contributed by atoms with Gasteiger partial charge in [0.25, 0.3) is 0 Å². The van der Waals surface area contributed by atoms with Gasteiger partial charge in [-0.25, -0.2) is 4.98 Å². The molecule has 0 saturated carbocycles. The van der Waals surface area contributed by atoms with Crippen molar-refractivity contribution in [3.05, 3.63) is 56.7 Å². The SMILES string of the molecule is COc1cc(C#N)ccc1C1C(C#N)=C(C(F)(F)F)N=C(C)C1c1nc(C)cs1. The Hall–Kier alpha value is -3.17. The lowest BCUT2D eigenvalue weighted by molar-refractivity contribution is -0.0935. The molecule has 1 aliphatic heterocycles. The first-order valence-electron chi connectivity index (χ1n) is 8.48. The first-order chi connectivity index (χ1) is 13.7. The zero-order chi connectivity index (χ0) is 21.3. The summed E-state index contributed by atoms with van der Waals surface area (Å²) in [7, 11) is 1.37. The Balaban J connectivity index is 2.33. The Morgan fingerprint density at radius 3 is 2.38 bits per heavy atom. The third kappa shape index (κ3) is 3.74. The van der Waals surface area contributed by atoms with Crippen molar-refractivity contribution in [1.82, 2.24) is 4.98 Å². The number of aliphatic imine (C=N–C) groups is 1. The second kappa shape index (κ2) is 7.69. The molecule has 0 amide bonds. The first-order valence-corrected chi connectivity index (χ1v) is 9.36. The number of rotatable bonds is 3. The van der Waals surface area contributed by atoms with Gasteiger partial charge >= 0.3 is 6.18 Å². The van der Waals surface area contributed by atoms with Crippen LogP contribution in [0.2, 0.25) is 0 Å². The highest BCUT2D eigenvalue weighted by Crippen LogP contribution is 2.49. The van der Waals surface area contributed by atoms with Gasteiger partial charge in [-0.05, 0) is 26.0 Å². The minimum Gasteiger partial charge on any atom is -0.496 e. The molecule has 0 fully saturated rings. The predicted octanol–water partition coefficient (Wildman–Crippen LogP) is 5.01. The summed E-state index contributed by atoms with van der Waals surface area (Å²) in [6.45, 7) is 3.29. The Morgan fingerprint density at radius 2 is 1.86 bits per heavy atom. The average Bonchev–Trinajstić information content (AvgIpc) is 3.11. The normalized spacial score (nSPS) is 19.4. The molecule has 0 N–H and O–H groups in total. The molecule has 5 nitrogen and oxygen atoms in total. The van der Waals surface area contributed by atoms with Gasteiger partial charge in [0, 0.05) is 28.3 Å². The highest BCUT2D eigenvalue weighted by Gasteiger charge is 2.46. The number of aryl methyl sites for hydroxylation is 1. The molecule has 29 heavy (non-hydrogen) atoms. The van der Waals surface area contributed by atoms with Gasteiger partial charge < -0.3 is 4.74 Å². The van der Waals surface area contributed by atoms with Crippen molar-refractivity contribution in [1.29, 1.82) is 10.5 Å². The number of alkyl halides is 3. The minimum atomic E-state index is -4.78. The van der Waals surface area contributed by atoms with E-state index in [1.807, 2.05) is 6.07 Å². The van der Waals surface area contributed by atoms with Crippen molar-refractivity contribution in [2.75, 3.05) is 7.11 Å². The fourth-order valence-corrected chi connectivity index (χ4v) is 4.40. The van der Waals surface area contributed by atoms with Crippen LogP contribution in [0.25, 0.3) is 0 Å². The number of halogens is 3. The van der Waals surface area contributed by atoms with E-state index in [1.165, 1.54) is 43.6 Å². The van der Waals surface area contributed by atoms with Crippen LogP contribution in [-0.4, -0.2) is 24.0 Å². The Labute approximate surface area is 169 Å². The van der Waals surface area contributed by atoms with Gasteiger partial charge in [-0.15, -0.1) is 11.3 Å². The zero-order valence-electron chi connectivity index (χ0n) is 15.7. The number of hydrogen-bond donors (Lipinski definition) is 0. The lowest BCUT2D eigenvalue weighted by Gasteiger charge is -2.32. The van der Waals surface area contributed by atoms with Gasteiger partial charge in [-0.2, -0.15) is 23.7 Å². The number of aromatic nitrogens is 1. The van der Waals surface area contributed by atoms with Crippen LogP contribution in [0.15, 0.2) is 39.8 Å². The fraction of sp³-hybridized carbons (Fsp3) is 0.300. The third-order valence-corrected chi connectivity index (χ3v) is 5.67. The second-order valence-electron chi connectivity index (χ2n) is 6.48. The molecule has 0 spiro atoms. The monoisotopic (exact) mass is 416 g/mol. The third-order valence-electron chi connectivity index (χ3n) is 4.63. The molecule has 0 aliphatic carbocycles. The molecule has 9 heteroatoms. The number of hydrogen-bond acceptors (Lipinski definition) is 6. The summed E-state index contributed by atoms with van der Waals surface area (Å²) >= 11 is 1.30. The largest absolute Gasteiger partial charge is 0.496 e. The maximum atomic E-state index is 13.7. The first kappa shape index (κ1) is 20.6. The molecule has 0 saturated heterocycles. The van der Waals surface area contributed by atoms with E-state index in [0.29, 0.717) is 16.1 Å². The van der Waals surface area contributed by atoms with Gasteiger partial charge in [0.15, 0.2) is 5.70 Å². The lowest BCUT2D eigenvalue weighted by atomic mass is 9.75. The highest BCUT2D eigenvalue weighted by atomic mass is 32.1. The number of benzene rings is 1. The molecular formula is C20H15F3N4OS.